The first-order chi connectivity index (χ1) is 13.9. The Morgan fingerprint density at radius 1 is 0.862 bits per heavy atom. The van der Waals surface area contributed by atoms with Gasteiger partial charge in [0.05, 0.1) is 24.8 Å². The number of hydrogen-bond donors (Lipinski definition) is 0. The van der Waals surface area contributed by atoms with Crippen molar-refractivity contribution in [3.05, 3.63) is 95.8 Å². The summed E-state index contributed by atoms with van der Waals surface area (Å²) in [4.78, 5) is 8.43. The van der Waals surface area contributed by atoms with Crippen LogP contribution in [0.2, 0.25) is 0 Å². The minimum Gasteiger partial charge on any atom is -0.438 e. The van der Waals surface area contributed by atoms with Gasteiger partial charge >= 0.3 is 0 Å². The second-order valence-corrected chi connectivity index (χ2v) is 7.43. The molecule has 0 saturated heterocycles. The molecule has 4 rings (SSSR count). The summed E-state index contributed by atoms with van der Waals surface area (Å²) < 4.78 is 20.2. The standard InChI is InChI=1S/C23H21FN4O/c1-16-4-6-17(7-5-16)23(2,3)18-8-10-20(11-9-18)29-22-14-25-21(13-26-22)28-15-19(24)12-27-28/h4-15H,1-3H3. The molecule has 0 radical (unpaired) electrons. The van der Waals surface area contributed by atoms with Crippen LogP contribution in [-0.4, -0.2) is 19.7 Å². The van der Waals surface area contributed by atoms with Gasteiger partial charge in [0.15, 0.2) is 11.6 Å². The zero-order valence-electron chi connectivity index (χ0n) is 16.5. The van der Waals surface area contributed by atoms with Crippen LogP contribution in [0, 0.1) is 12.7 Å². The third-order valence-corrected chi connectivity index (χ3v) is 4.97. The average Bonchev–Trinajstić information content (AvgIpc) is 3.16. The summed E-state index contributed by atoms with van der Waals surface area (Å²) in [5, 5.41) is 3.86. The summed E-state index contributed by atoms with van der Waals surface area (Å²) in [5.41, 5.74) is 3.58. The van der Waals surface area contributed by atoms with Crippen molar-refractivity contribution >= 4 is 0 Å². The highest BCUT2D eigenvalue weighted by Crippen LogP contribution is 2.33. The molecule has 0 aliphatic carbocycles. The lowest BCUT2D eigenvalue weighted by molar-refractivity contribution is 0.459. The van der Waals surface area contributed by atoms with Crippen LogP contribution < -0.4 is 4.74 Å². The zero-order valence-corrected chi connectivity index (χ0v) is 16.5. The third-order valence-electron chi connectivity index (χ3n) is 4.97. The first-order valence-corrected chi connectivity index (χ1v) is 9.30. The number of aryl methyl sites for hydroxylation is 1. The van der Waals surface area contributed by atoms with Crippen LogP contribution in [0.1, 0.15) is 30.5 Å². The molecule has 0 amide bonds. The van der Waals surface area contributed by atoms with Crippen molar-refractivity contribution in [2.45, 2.75) is 26.2 Å². The molecule has 29 heavy (non-hydrogen) atoms. The van der Waals surface area contributed by atoms with Crippen molar-refractivity contribution in [3.63, 3.8) is 0 Å². The van der Waals surface area contributed by atoms with Gasteiger partial charge < -0.3 is 4.74 Å². The average molecular weight is 388 g/mol. The number of rotatable bonds is 5. The number of ether oxygens (including phenoxy) is 1. The number of nitrogens with zero attached hydrogens (tertiary/aromatic N) is 4. The maximum absolute atomic E-state index is 13.1. The molecule has 0 fully saturated rings. The molecular formula is C23H21FN4O. The van der Waals surface area contributed by atoms with E-state index in [0.29, 0.717) is 17.4 Å². The molecule has 2 heterocycles. The highest BCUT2D eigenvalue weighted by Gasteiger charge is 2.22. The van der Waals surface area contributed by atoms with Crippen molar-refractivity contribution in [1.29, 1.82) is 0 Å². The monoisotopic (exact) mass is 388 g/mol. The van der Waals surface area contributed by atoms with E-state index in [1.54, 1.807) is 0 Å². The summed E-state index contributed by atoms with van der Waals surface area (Å²) in [6, 6.07) is 16.6. The molecule has 0 spiro atoms. The summed E-state index contributed by atoms with van der Waals surface area (Å²) >= 11 is 0. The summed E-state index contributed by atoms with van der Waals surface area (Å²) in [7, 11) is 0. The fourth-order valence-electron chi connectivity index (χ4n) is 3.10. The van der Waals surface area contributed by atoms with Crippen molar-refractivity contribution < 1.29 is 9.13 Å². The molecule has 0 saturated carbocycles. The lowest BCUT2D eigenvalue weighted by Crippen LogP contribution is -2.18. The van der Waals surface area contributed by atoms with Crippen molar-refractivity contribution in [2.24, 2.45) is 0 Å². The SMILES string of the molecule is Cc1ccc(C(C)(C)c2ccc(Oc3cnc(-n4cc(F)cn4)cn3)cc2)cc1. The number of hydrogen-bond acceptors (Lipinski definition) is 4. The summed E-state index contributed by atoms with van der Waals surface area (Å²) in [6.07, 6.45) is 5.32. The Kier molecular flexibility index (Phi) is 4.84. The van der Waals surface area contributed by atoms with Gasteiger partial charge in [0.1, 0.15) is 5.75 Å². The molecule has 0 aliphatic heterocycles. The van der Waals surface area contributed by atoms with Gasteiger partial charge in [0, 0.05) is 5.41 Å². The Labute approximate surface area is 168 Å². The van der Waals surface area contributed by atoms with Crippen LogP contribution in [0.4, 0.5) is 4.39 Å². The van der Waals surface area contributed by atoms with Gasteiger partial charge in [-0.05, 0) is 30.2 Å². The second kappa shape index (κ2) is 7.47. The van der Waals surface area contributed by atoms with E-state index in [9.17, 15) is 4.39 Å². The van der Waals surface area contributed by atoms with E-state index in [1.807, 2.05) is 12.1 Å². The van der Waals surface area contributed by atoms with Crippen molar-refractivity contribution in [2.75, 3.05) is 0 Å². The van der Waals surface area contributed by atoms with Crippen LogP contribution >= 0.6 is 0 Å². The minimum atomic E-state index is -0.430. The highest BCUT2D eigenvalue weighted by molar-refractivity contribution is 5.41. The fraction of sp³-hybridized carbons (Fsp3) is 0.174. The van der Waals surface area contributed by atoms with Crippen LogP contribution in [-0.2, 0) is 5.41 Å². The van der Waals surface area contributed by atoms with Gasteiger partial charge in [-0.2, -0.15) is 5.10 Å². The van der Waals surface area contributed by atoms with E-state index < -0.39 is 5.82 Å². The highest BCUT2D eigenvalue weighted by atomic mass is 19.1. The van der Waals surface area contributed by atoms with Crippen molar-refractivity contribution in [1.82, 2.24) is 19.7 Å². The molecule has 6 heteroatoms. The number of aromatic nitrogens is 4. The smallest absolute Gasteiger partial charge is 0.237 e. The minimum absolute atomic E-state index is 0.118. The number of halogens is 1. The molecule has 0 atom stereocenters. The van der Waals surface area contributed by atoms with Gasteiger partial charge in [0.2, 0.25) is 5.88 Å². The van der Waals surface area contributed by atoms with E-state index in [0.717, 1.165) is 6.20 Å². The summed E-state index contributed by atoms with van der Waals surface area (Å²) in [5.74, 6) is 1.00. The van der Waals surface area contributed by atoms with Gasteiger partial charge in [0.25, 0.3) is 0 Å². The molecule has 0 unspecified atom stereocenters. The van der Waals surface area contributed by atoms with Crippen LogP contribution in [0.3, 0.4) is 0 Å². The quantitative estimate of drug-likeness (QED) is 0.470. The van der Waals surface area contributed by atoms with Gasteiger partial charge in [-0.25, -0.2) is 19.0 Å². The Morgan fingerprint density at radius 2 is 1.52 bits per heavy atom. The zero-order chi connectivity index (χ0) is 20.4. The van der Waals surface area contributed by atoms with E-state index in [4.69, 9.17) is 4.74 Å². The van der Waals surface area contributed by atoms with Gasteiger partial charge in [-0.1, -0.05) is 55.8 Å². The maximum atomic E-state index is 13.1. The Hall–Kier alpha value is -3.54. The molecule has 2 aromatic heterocycles. The largest absolute Gasteiger partial charge is 0.438 e. The van der Waals surface area contributed by atoms with E-state index >= 15 is 0 Å². The lowest BCUT2D eigenvalue weighted by atomic mass is 9.78. The maximum Gasteiger partial charge on any atom is 0.237 e. The fourth-order valence-corrected chi connectivity index (χ4v) is 3.10. The molecule has 146 valence electrons. The molecule has 4 aromatic rings. The van der Waals surface area contributed by atoms with Crippen molar-refractivity contribution in [3.8, 4) is 17.4 Å². The molecule has 0 bridgehead atoms. The Morgan fingerprint density at radius 3 is 2.07 bits per heavy atom. The number of benzene rings is 2. The van der Waals surface area contributed by atoms with E-state index in [1.165, 1.54) is 40.0 Å². The van der Waals surface area contributed by atoms with Gasteiger partial charge in [-0.15, -0.1) is 0 Å². The molecular weight excluding hydrogens is 367 g/mol. The Balaban J connectivity index is 1.48. The van der Waals surface area contributed by atoms with Crippen LogP contribution in [0.15, 0.2) is 73.3 Å². The predicted molar refractivity (Wildman–Crippen MR) is 109 cm³/mol. The first-order valence-electron chi connectivity index (χ1n) is 9.30. The molecule has 5 nitrogen and oxygen atoms in total. The third kappa shape index (κ3) is 4.01. The van der Waals surface area contributed by atoms with E-state index in [2.05, 4.69) is 72.2 Å². The molecule has 0 N–H and O–H groups in total. The Bertz CT molecular complexity index is 1100. The second-order valence-electron chi connectivity index (χ2n) is 7.43. The van der Waals surface area contributed by atoms with E-state index in [-0.39, 0.29) is 5.41 Å². The normalized spacial score (nSPS) is 11.4. The van der Waals surface area contributed by atoms with Gasteiger partial charge in [-0.3, -0.25) is 0 Å². The lowest BCUT2D eigenvalue weighted by Gasteiger charge is -2.26. The molecule has 0 aliphatic rings. The van der Waals surface area contributed by atoms with Crippen LogP contribution in [0.5, 0.6) is 11.6 Å². The summed E-state index contributed by atoms with van der Waals surface area (Å²) in [6.45, 7) is 6.50. The first kappa shape index (κ1) is 18.8. The predicted octanol–water partition coefficient (Wildman–Crippen LogP) is 5.23. The molecule has 2 aromatic carbocycles. The van der Waals surface area contributed by atoms with Crippen LogP contribution in [0.25, 0.3) is 5.82 Å². The topological polar surface area (TPSA) is 52.8 Å².